The van der Waals surface area contributed by atoms with Gasteiger partial charge in [0, 0.05) is 18.9 Å². The van der Waals surface area contributed by atoms with Crippen LogP contribution in [0, 0.1) is 0 Å². The van der Waals surface area contributed by atoms with Crippen LogP contribution in [0.4, 0.5) is 5.95 Å². The standard InChI is InChI=1S/C15H17N5OS/c1-2-17-14(21)12-13-11(5-7-22-13)19-15(20-12)18-9-10-4-3-6-16-8-10/h3-8,14,17,21H,2,9H2,1H3,(H,18,19,20). The van der Waals surface area contributed by atoms with Gasteiger partial charge in [0.2, 0.25) is 5.95 Å². The maximum atomic E-state index is 10.2. The summed E-state index contributed by atoms with van der Waals surface area (Å²) < 4.78 is 0.903. The number of thiophene rings is 1. The van der Waals surface area contributed by atoms with E-state index in [0.717, 1.165) is 15.8 Å². The number of pyridine rings is 1. The maximum Gasteiger partial charge on any atom is 0.223 e. The Balaban J connectivity index is 1.86. The second-order valence-corrected chi connectivity index (χ2v) is 5.66. The molecule has 0 aliphatic heterocycles. The van der Waals surface area contributed by atoms with Crippen LogP contribution in [-0.4, -0.2) is 26.6 Å². The summed E-state index contributed by atoms with van der Waals surface area (Å²) >= 11 is 1.53. The van der Waals surface area contributed by atoms with Crippen molar-refractivity contribution in [2.45, 2.75) is 19.7 Å². The van der Waals surface area contributed by atoms with Crippen LogP contribution in [0.25, 0.3) is 10.2 Å². The summed E-state index contributed by atoms with van der Waals surface area (Å²) in [7, 11) is 0. The summed E-state index contributed by atoms with van der Waals surface area (Å²) in [6.07, 6.45) is 2.74. The quantitative estimate of drug-likeness (QED) is 0.605. The summed E-state index contributed by atoms with van der Waals surface area (Å²) in [5.41, 5.74) is 2.49. The number of hydrogen-bond acceptors (Lipinski definition) is 7. The van der Waals surface area contributed by atoms with E-state index in [1.54, 1.807) is 12.4 Å². The lowest BCUT2D eigenvalue weighted by molar-refractivity contribution is 0.139. The molecule has 6 nitrogen and oxygen atoms in total. The van der Waals surface area contributed by atoms with Crippen LogP contribution >= 0.6 is 11.3 Å². The molecule has 1 atom stereocenters. The van der Waals surface area contributed by atoms with Crippen molar-refractivity contribution in [3.8, 4) is 0 Å². The summed E-state index contributed by atoms with van der Waals surface area (Å²) in [5.74, 6) is 0.502. The van der Waals surface area contributed by atoms with E-state index in [1.807, 2.05) is 30.5 Å². The molecule has 0 amide bonds. The topological polar surface area (TPSA) is 83.0 Å². The van der Waals surface area contributed by atoms with Gasteiger partial charge in [-0.25, -0.2) is 9.97 Å². The molecule has 0 aliphatic rings. The number of aliphatic hydroxyl groups is 1. The van der Waals surface area contributed by atoms with Crippen LogP contribution in [0.2, 0.25) is 0 Å². The van der Waals surface area contributed by atoms with Gasteiger partial charge in [0.25, 0.3) is 0 Å². The largest absolute Gasteiger partial charge is 0.373 e. The van der Waals surface area contributed by atoms with E-state index in [1.165, 1.54) is 11.3 Å². The third kappa shape index (κ3) is 3.22. The highest BCUT2D eigenvalue weighted by Gasteiger charge is 2.15. The molecule has 22 heavy (non-hydrogen) atoms. The molecule has 3 heterocycles. The van der Waals surface area contributed by atoms with E-state index in [-0.39, 0.29) is 0 Å². The number of rotatable bonds is 6. The van der Waals surface area contributed by atoms with Gasteiger partial charge < -0.3 is 10.4 Å². The Morgan fingerprint density at radius 3 is 3.00 bits per heavy atom. The summed E-state index contributed by atoms with van der Waals surface area (Å²) in [5, 5.41) is 18.3. The second kappa shape index (κ2) is 6.78. The molecule has 1 unspecified atom stereocenters. The fraction of sp³-hybridized carbons (Fsp3) is 0.267. The minimum absolute atomic E-state index is 0.502. The first-order valence-corrected chi connectivity index (χ1v) is 7.95. The number of fused-ring (bicyclic) bond motifs is 1. The molecule has 3 aromatic heterocycles. The minimum Gasteiger partial charge on any atom is -0.373 e. The fourth-order valence-corrected chi connectivity index (χ4v) is 2.97. The average molecular weight is 315 g/mol. The lowest BCUT2D eigenvalue weighted by Crippen LogP contribution is -2.22. The molecule has 3 N–H and O–H groups in total. The van der Waals surface area contributed by atoms with E-state index in [9.17, 15) is 5.11 Å². The monoisotopic (exact) mass is 315 g/mol. The predicted octanol–water partition coefficient (Wildman–Crippen LogP) is 2.30. The third-order valence-electron chi connectivity index (χ3n) is 3.16. The summed E-state index contributed by atoms with van der Waals surface area (Å²) in [4.78, 5) is 13.0. The molecular formula is C15H17N5OS. The second-order valence-electron chi connectivity index (χ2n) is 4.74. The average Bonchev–Trinajstić information content (AvgIpc) is 3.01. The van der Waals surface area contributed by atoms with Gasteiger partial charge in [0.1, 0.15) is 11.9 Å². The SMILES string of the molecule is CCNC(O)c1nc(NCc2cccnc2)nc2ccsc12. The molecule has 0 aromatic carbocycles. The molecule has 3 aromatic rings. The van der Waals surface area contributed by atoms with Crippen molar-refractivity contribution in [3.05, 3.63) is 47.2 Å². The van der Waals surface area contributed by atoms with Crippen LogP contribution in [0.15, 0.2) is 36.0 Å². The van der Waals surface area contributed by atoms with Gasteiger partial charge in [-0.2, -0.15) is 0 Å². The number of anilines is 1. The third-order valence-corrected chi connectivity index (χ3v) is 4.09. The number of aliphatic hydroxyl groups excluding tert-OH is 1. The lowest BCUT2D eigenvalue weighted by atomic mass is 10.3. The molecule has 3 rings (SSSR count). The van der Waals surface area contributed by atoms with Gasteiger partial charge >= 0.3 is 0 Å². The zero-order valence-corrected chi connectivity index (χ0v) is 13.0. The van der Waals surface area contributed by atoms with Crippen molar-refractivity contribution < 1.29 is 5.11 Å². The van der Waals surface area contributed by atoms with Crippen LogP contribution < -0.4 is 10.6 Å². The van der Waals surface area contributed by atoms with Crippen molar-refractivity contribution in [1.29, 1.82) is 0 Å². The van der Waals surface area contributed by atoms with E-state index >= 15 is 0 Å². The Morgan fingerprint density at radius 1 is 1.32 bits per heavy atom. The molecule has 0 bridgehead atoms. The highest BCUT2D eigenvalue weighted by Crippen LogP contribution is 2.27. The Labute approximate surface area is 132 Å². The Bertz CT molecular complexity index is 746. The first-order valence-electron chi connectivity index (χ1n) is 7.07. The highest BCUT2D eigenvalue weighted by molar-refractivity contribution is 7.17. The van der Waals surface area contributed by atoms with E-state index in [4.69, 9.17) is 0 Å². The molecule has 0 fully saturated rings. The Morgan fingerprint density at radius 2 is 2.23 bits per heavy atom. The smallest absolute Gasteiger partial charge is 0.223 e. The van der Waals surface area contributed by atoms with Crippen LogP contribution in [0.5, 0.6) is 0 Å². The van der Waals surface area contributed by atoms with Crippen molar-refractivity contribution in [1.82, 2.24) is 20.3 Å². The van der Waals surface area contributed by atoms with E-state index in [0.29, 0.717) is 24.7 Å². The Kier molecular flexibility index (Phi) is 4.57. The van der Waals surface area contributed by atoms with Crippen LogP contribution in [0.1, 0.15) is 24.4 Å². The number of nitrogens with one attached hydrogen (secondary N) is 2. The van der Waals surface area contributed by atoms with E-state index < -0.39 is 6.23 Å². The van der Waals surface area contributed by atoms with Crippen molar-refractivity contribution in [2.24, 2.45) is 0 Å². The van der Waals surface area contributed by atoms with Crippen LogP contribution in [-0.2, 0) is 6.54 Å². The van der Waals surface area contributed by atoms with Gasteiger partial charge in [-0.3, -0.25) is 10.3 Å². The van der Waals surface area contributed by atoms with Crippen molar-refractivity contribution in [3.63, 3.8) is 0 Å². The first kappa shape index (κ1) is 14.8. The lowest BCUT2D eigenvalue weighted by Gasteiger charge is -2.13. The zero-order chi connectivity index (χ0) is 15.4. The molecule has 0 radical (unpaired) electrons. The predicted molar refractivity (Wildman–Crippen MR) is 87.6 cm³/mol. The van der Waals surface area contributed by atoms with Gasteiger partial charge in [0.05, 0.1) is 10.2 Å². The van der Waals surface area contributed by atoms with Crippen molar-refractivity contribution >= 4 is 27.5 Å². The van der Waals surface area contributed by atoms with Gasteiger partial charge in [-0.1, -0.05) is 13.0 Å². The molecule has 0 saturated carbocycles. The number of hydrogen-bond donors (Lipinski definition) is 3. The summed E-state index contributed by atoms with van der Waals surface area (Å²) in [6, 6.07) is 5.80. The van der Waals surface area contributed by atoms with E-state index in [2.05, 4.69) is 25.6 Å². The molecule has 114 valence electrons. The zero-order valence-electron chi connectivity index (χ0n) is 12.2. The van der Waals surface area contributed by atoms with Gasteiger partial charge in [-0.15, -0.1) is 11.3 Å². The highest BCUT2D eigenvalue weighted by atomic mass is 32.1. The Hall–Kier alpha value is -2.09. The maximum absolute atomic E-state index is 10.2. The van der Waals surface area contributed by atoms with Gasteiger partial charge in [-0.05, 0) is 29.6 Å². The fourth-order valence-electron chi connectivity index (χ4n) is 2.12. The normalized spacial score (nSPS) is 12.5. The molecule has 0 saturated heterocycles. The molecule has 7 heteroatoms. The summed E-state index contributed by atoms with van der Waals surface area (Å²) in [6.45, 7) is 3.19. The first-order chi connectivity index (χ1) is 10.8. The molecule has 0 spiro atoms. The minimum atomic E-state index is -0.798. The molecular weight excluding hydrogens is 298 g/mol. The van der Waals surface area contributed by atoms with Crippen molar-refractivity contribution in [2.75, 3.05) is 11.9 Å². The molecule has 0 aliphatic carbocycles. The number of aromatic nitrogens is 3. The van der Waals surface area contributed by atoms with Gasteiger partial charge in [0.15, 0.2) is 0 Å². The number of nitrogens with zero attached hydrogens (tertiary/aromatic N) is 3. The van der Waals surface area contributed by atoms with Crippen LogP contribution in [0.3, 0.4) is 0 Å².